The average molecular weight is 292 g/mol. The lowest BCUT2D eigenvalue weighted by atomic mass is 9.79. The summed E-state index contributed by atoms with van der Waals surface area (Å²) in [6.45, 7) is 4.83. The van der Waals surface area contributed by atoms with Crippen molar-refractivity contribution in [2.45, 2.75) is 51.6 Å². The first-order chi connectivity index (χ1) is 10.1. The fourth-order valence-electron chi connectivity index (χ4n) is 2.82. The van der Waals surface area contributed by atoms with E-state index in [2.05, 4.69) is 0 Å². The molecule has 0 aliphatic heterocycles. The molecule has 0 unspecified atom stereocenters. The second kappa shape index (κ2) is 6.94. The molecule has 4 nitrogen and oxygen atoms in total. The van der Waals surface area contributed by atoms with Gasteiger partial charge in [-0.05, 0) is 44.9 Å². The highest BCUT2D eigenvalue weighted by molar-refractivity contribution is 6.02. The van der Waals surface area contributed by atoms with Gasteiger partial charge < -0.3 is 14.6 Å². The third-order valence-electron chi connectivity index (χ3n) is 3.91. The van der Waals surface area contributed by atoms with Gasteiger partial charge in [-0.15, -0.1) is 0 Å². The van der Waals surface area contributed by atoms with Gasteiger partial charge in [0.2, 0.25) is 0 Å². The lowest BCUT2D eigenvalue weighted by molar-refractivity contribution is 0.0116. The minimum Gasteiger partial charge on any atom is -0.490 e. The Morgan fingerprint density at radius 1 is 1.10 bits per heavy atom. The molecule has 0 amide bonds. The zero-order valence-electron chi connectivity index (χ0n) is 12.9. The molecule has 0 heterocycles. The summed E-state index contributed by atoms with van der Waals surface area (Å²) in [5.74, 6) is 0.988. The maximum Gasteiger partial charge on any atom is 0.194 e. The molecule has 1 saturated carbocycles. The van der Waals surface area contributed by atoms with Crippen LogP contribution < -0.4 is 9.47 Å². The number of Topliss-reactive ketones (excluding diaryl/α,β-unsaturated/α-hetero) is 1. The van der Waals surface area contributed by atoms with E-state index in [4.69, 9.17) is 9.47 Å². The topological polar surface area (TPSA) is 55.8 Å². The second-order valence-corrected chi connectivity index (χ2v) is 5.45. The van der Waals surface area contributed by atoms with Crippen LogP contribution in [0.3, 0.4) is 0 Å². The van der Waals surface area contributed by atoms with Crippen LogP contribution in [-0.4, -0.2) is 29.7 Å². The normalized spacial score (nSPS) is 17.3. The Kier molecular flexibility index (Phi) is 5.23. The van der Waals surface area contributed by atoms with Gasteiger partial charge in [0.1, 0.15) is 5.60 Å². The molecule has 1 N–H and O–H groups in total. The van der Waals surface area contributed by atoms with Gasteiger partial charge in [0, 0.05) is 5.56 Å². The summed E-state index contributed by atoms with van der Waals surface area (Å²) in [7, 11) is 0. The van der Waals surface area contributed by atoms with Crippen molar-refractivity contribution >= 4 is 5.78 Å². The molecule has 1 aromatic rings. The molecule has 0 spiro atoms. The third kappa shape index (κ3) is 3.56. The van der Waals surface area contributed by atoms with Gasteiger partial charge >= 0.3 is 0 Å². The number of ketones is 1. The van der Waals surface area contributed by atoms with E-state index < -0.39 is 5.60 Å². The molecule has 0 aromatic heterocycles. The van der Waals surface area contributed by atoms with E-state index in [1.54, 1.807) is 18.2 Å². The van der Waals surface area contributed by atoms with E-state index in [1.807, 2.05) is 13.8 Å². The van der Waals surface area contributed by atoms with Gasteiger partial charge in [-0.1, -0.05) is 19.3 Å². The standard InChI is InChI=1S/C17H24O4/c1-3-20-14-9-8-13(12-15(14)21-4-2)16(18)17(19)10-6-5-7-11-17/h8-9,12,19H,3-7,10-11H2,1-2H3. The predicted molar refractivity (Wildman–Crippen MR) is 81.1 cm³/mol. The van der Waals surface area contributed by atoms with Crippen LogP contribution >= 0.6 is 0 Å². The van der Waals surface area contributed by atoms with E-state index in [0.29, 0.717) is 43.1 Å². The van der Waals surface area contributed by atoms with Gasteiger partial charge in [0.15, 0.2) is 17.3 Å². The van der Waals surface area contributed by atoms with Crippen LogP contribution in [0.15, 0.2) is 18.2 Å². The minimum atomic E-state index is -1.21. The SMILES string of the molecule is CCOc1ccc(C(=O)C2(O)CCCCC2)cc1OCC. The fraction of sp³-hybridized carbons (Fsp3) is 0.588. The number of benzene rings is 1. The van der Waals surface area contributed by atoms with E-state index in [0.717, 1.165) is 19.3 Å². The summed E-state index contributed by atoms with van der Waals surface area (Å²) in [6, 6.07) is 5.14. The van der Waals surface area contributed by atoms with Crippen molar-refractivity contribution in [1.29, 1.82) is 0 Å². The van der Waals surface area contributed by atoms with Crippen molar-refractivity contribution < 1.29 is 19.4 Å². The van der Waals surface area contributed by atoms with Crippen LogP contribution in [0.5, 0.6) is 11.5 Å². The summed E-state index contributed by atoms with van der Waals surface area (Å²) in [5.41, 5.74) is -0.721. The van der Waals surface area contributed by atoms with Gasteiger partial charge in [-0.3, -0.25) is 4.79 Å². The van der Waals surface area contributed by atoms with Crippen molar-refractivity contribution in [1.82, 2.24) is 0 Å². The molecule has 1 fully saturated rings. The quantitative estimate of drug-likeness (QED) is 0.817. The number of aliphatic hydroxyl groups is 1. The lowest BCUT2D eigenvalue weighted by Crippen LogP contribution is -2.40. The molecule has 1 aliphatic carbocycles. The van der Waals surface area contributed by atoms with Crippen molar-refractivity contribution in [3.8, 4) is 11.5 Å². The summed E-state index contributed by atoms with van der Waals surface area (Å²) in [4.78, 5) is 12.6. The molecule has 1 aromatic carbocycles. The summed E-state index contributed by atoms with van der Waals surface area (Å²) in [6.07, 6.45) is 3.98. The second-order valence-electron chi connectivity index (χ2n) is 5.45. The van der Waals surface area contributed by atoms with E-state index >= 15 is 0 Å². The molecule has 116 valence electrons. The largest absolute Gasteiger partial charge is 0.490 e. The number of rotatable bonds is 6. The number of carbonyl (C=O) groups excluding carboxylic acids is 1. The first kappa shape index (κ1) is 15.8. The highest BCUT2D eigenvalue weighted by Gasteiger charge is 2.37. The monoisotopic (exact) mass is 292 g/mol. The van der Waals surface area contributed by atoms with Gasteiger partial charge in [-0.25, -0.2) is 0 Å². The molecule has 0 atom stereocenters. The molecule has 0 saturated heterocycles. The Morgan fingerprint density at radius 2 is 1.71 bits per heavy atom. The highest BCUT2D eigenvalue weighted by Crippen LogP contribution is 2.34. The van der Waals surface area contributed by atoms with Crippen LogP contribution in [0.2, 0.25) is 0 Å². The molecule has 0 radical (unpaired) electrons. The number of carbonyl (C=O) groups is 1. The van der Waals surface area contributed by atoms with Crippen molar-refractivity contribution in [2.24, 2.45) is 0 Å². The summed E-state index contributed by atoms with van der Waals surface area (Å²) < 4.78 is 11.0. The molecule has 1 aliphatic rings. The van der Waals surface area contributed by atoms with Crippen LogP contribution in [0.1, 0.15) is 56.3 Å². The molecular weight excluding hydrogens is 268 g/mol. The van der Waals surface area contributed by atoms with Crippen molar-refractivity contribution in [2.75, 3.05) is 13.2 Å². The molecule has 2 rings (SSSR count). The van der Waals surface area contributed by atoms with Gasteiger partial charge in [-0.2, -0.15) is 0 Å². The Bertz CT molecular complexity index is 490. The zero-order valence-corrected chi connectivity index (χ0v) is 12.9. The van der Waals surface area contributed by atoms with E-state index in [1.165, 1.54) is 0 Å². The van der Waals surface area contributed by atoms with E-state index in [9.17, 15) is 9.90 Å². The van der Waals surface area contributed by atoms with E-state index in [-0.39, 0.29) is 5.78 Å². The molecule has 0 bridgehead atoms. The van der Waals surface area contributed by atoms with Crippen molar-refractivity contribution in [3.05, 3.63) is 23.8 Å². The maximum absolute atomic E-state index is 12.6. The molecule has 4 heteroatoms. The van der Waals surface area contributed by atoms with Crippen LogP contribution in [0.4, 0.5) is 0 Å². The smallest absolute Gasteiger partial charge is 0.194 e. The maximum atomic E-state index is 12.6. The lowest BCUT2D eigenvalue weighted by Gasteiger charge is -2.30. The average Bonchev–Trinajstić information content (AvgIpc) is 2.49. The van der Waals surface area contributed by atoms with Gasteiger partial charge in [0.25, 0.3) is 0 Å². The minimum absolute atomic E-state index is 0.203. The molecule has 21 heavy (non-hydrogen) atoms. The number of ether oxygens (including phenoxy) is 2. The number of hydrogen-bond acceptors (Lipinski definition) is 4. The third-order valence-corrected chi connectivity index (χ3v) is 3.91. The Balaban J connectivity index is 2.26. The number of hydrogen-bond donors (Lipinski definition) is 1. The van der Waals surface area contributed by atoms with Crippen molar-refractivity contribution in [3.63, 3.8) is 0 Å². The Labute approximate surface area is 126 Å². The summed E-state index contributed by atoms with van der Waals surface area (Å²) in [5, 5.41) is 10.6. The highest BCUT2D eigenvalue weighted by atomic mass is 16.5. The molecular formula is C17H24O4. The van der Waals surface area contributed by atoms with Crippen LogP contribution in [-0.2, 0) is 0 Å². The Hall–Kier alpha value is -1.55. The van der Waals surface area contributed by atoms with Crippen LogP contribution in [0, 0.1) is 0 Å². The van der Waals surface area contributed by atoms with Crippen LogP contribution in [0.25, 0.3) is 0 Å². The summed E-state index contributed by atoms with van der Waals surface area (Å²) >= 11 is 0. The first-order valence-corrected chi connectivity index (χ1v) is 7.77. The first-order valence-electron chi connectivity index (χ1n) is 7.77. The fourth-order valence-corrected chi connectivity index (χ4v) is 2.82. The zero-order chi connectivity index (χ0) is 15.3. The Morgan fingerprint density at radius 3 is 2.33 bits per heavy atom. The predicted octanol–water partition coefficient (Wildman–Crippen LogP) is 3.36. The van der Waals surface area contributed by atoms with Gasteiger partial charge in [0.05, 0.1) is 13.2 Å².